The first-order valence-electron chi connectivity index (χ1n) is 6.35. The number of piperidine rings is 1. The Hall–Kier alpha value is -1.36. The van der Waals surface area contributed by atoms with Crippen molar-refractivity contribution in [1.82, 2.24) is 9.88 Å². The number of alkyl halides is 1. The lowest BCUT2D eigenvalue weighted by atomic mass is 10.1. The van der Waals surface area contributed by atoms with Gasteiger partial charge in [-0.25, -0.2) is 4.39 Å². The van der Waals surface area contributed by atoms with E-state index in [2.05, 4.69) is 20.9 Å². The molecule has 3 nitrogen and oxygen atoms in total. The second-order valence-electron chi connectivity index (χ2n) is 4.88. The number of rotatable bonds is 1. The summed E-state index contributed by atoms with van der Waals surface area (Å²) in [4.78, 5) is 17.2. The third-order valence-electron chi connectivity index (χ3n) is 3.52. The number of hydrogen-bond acceptors (Lipinski definition) is 1. The summed E-state index contributed by atoms with van der Waals surface area (Å²) in [6.45, 7) is 0.998. The Morgan fingerprint density at radius 2 is 2.05 bits per heavy atom. The molecule has 1 aromatic carbocycles. The summed E-state index contributed by atoms with van der Waals surface area (Å²) in [5, 5.41) is 0.998. The third kappa shape index (κ3) is 2.52. The van der Waals surface area contributed by atoms with E-state index in [1.165, 1.54) is 0 Å². The Labute approximate surface area is 118 Å². The van der Waals surface area contributed by atoms with E-state index < -0.39 is 6.17 Å². The molecule has 1 fully saturated rings. The molecule has 1 saturated heterocycles. The van der Waals surface area contributed by atoms with E-state index in [4.69, 9.17) is 0 Å². The molecule has 1 amide bonds. The topological polar surface area (TPSA) is 36.1 Å². The molecule has 1 N–H and O–H groups in total. The second-order valence-corrected chi connectivity index (χ2v) is 5.80. The number of aromatic nitrogens is 1. The van der Waals surface area contributed by atoms with Crippen molar-refractivity contribution in [3.05, 3.63) is 34.4 Å². The van der Waals surface area contributed by atoms with Crippen molar-refractivity contribution in [2.75, 3.05) is 13.1 Å². The van der Waals surface area contributed by atoms with Gasteiger partial charge >= 0.3 is 0 Å². The van der Waals surface area contributed by atoms with Crippen molar-refractivity contribution in [1.29, 1.82) is 0 Å². The first-order chi connectivity index (χ1) is 9.13. The van der Waals surface area contributed by atoms with Gasteiger partial charge in [-0.05, 0) is 37.1 Å². The summed E-state index contributed by atoms with van der Waals surface area (Å²) >= 11 is 3.41. The van der Waals surface area contributed by atoms with Crippen LogP contribution in [0.3, 0.4) is 0 Å². The monoisotopic (exact) mass is 324 g/mol. The number of benzene rings is 1. The number of aromatic amines is 1. The number of nitrogens with zero attached hydrogens (tertiary/aromatic N) is 1. The van der Waals surface area contributed by atoms with Crippen LogP contribution < -0.4 is 0 Å². The molecule has 0 bridgehead atoms. The first-order valence-corrected chi connectivity index (χ1v) is 7.14. The van der Waals surface area contributed by atoms with Crippen LogP contribution in [0, 0.1) is 0 Å². The molecule has 1 aliphatic rings. The van der Waals surface area contributed by atoms with E-state index >= 15 is 0 Å². The van der Waals surface area contributed by atoms with Gasteiger partial charge in [-0.1, -0.05) is 15.9 Å². The number of likely N-dealkylation sites (tertiary alicyclic amines) is 1. The molecule has 1 aliphatic heterocycles. The quantitative estimate of drug-likeness (QED) is 0.856. The van der Waals surface area contributed by atoms with E-state index in [-0.39, 0.29) is 5.91 Å². The molecule has 19 heavy (non-hydrogen) atoms. The summed E-state index contributed by atoms with van der Waals surface area (Å²) in [5.41, 5.74) is 1.51. The van der Waals surface area contributed by atoms with Crippen molar-refractivity contribution in [3.63, 3.8) is 0 Å². The van der Waals surface area contributed by atoms with Crippen LogP contribution in [0.5, 0.6) is 0 Å². The van der Waals surface area contributed by atoms with Gasteiger partial charge in [0.05, 0.1) is 0 Å². The molecule has 0 saturated carbocycles. The normalized spacial score (nSPS) is 17.1. The average molecular weight is 325 g/mol. The number of carbonyl (C=O) groups is 1. The number of fused-ring (bicyclic) bond motifs is 1. The Balaban J connectivity index is 1.85. The Kier molecular flexibility index (Phi) is 3.31. The van der Waals surface area contributed by atoms with Crippen molar-refractivity contribution in [2.24, 2.45) is 0 Å². The zero-order valence-electron chi connectivity index (χ0n) is 10.3. The zero-order valence-corrected chi connectivity index (χ0v) is 11.9. The highest BCUT2D eigenvalue weighted by Gasteiger charge is 2.24. The maximum atomic E-state index is 13.1. The molecule has 2 heterocycles. The van der Waals surface area contributed by atoms with Crippen molar-refractivity contribution >= 4 is 32.7 Å². The van der Waals surface area contributed by atoms with Gasteiger partial charge in [-0.2, -0.15) is 0 Å². The van der Waals surface area contributed by atoms with Crippen LogP contribution >= 0.6 is 15.9 Å². The molecule has 5 heteroatoms. The van der Waals surface area contributed by atoms with Gasteiger partial charge in [-0.15, -0.1) is 0 Å². The number of amides is 1. The molecule has 0 unspecified atom stereocenters. The van der Waals surface area contributed by atoms with Gasteiger partial charge < -0.3 is 9.88 Å². The standard InChI is InChI=1S/C14H14BrFN2O/c15-10-1-2-12-9(7-10)8-13(17-12)14(19)18-5-3-11(16)4-6-18/h1-2,7-8,11,17H,3-6H2. The number of hydrogen-bond donors (Lipinski definition) is 1. The molecular formula is C14H14BrFN2O. The fourth-order valence-electron chi connectivity index (χ4n) is 2.44. The molecule has 100 valence electrons. The van der Waals surface area contributed by atoms with Crippen LogP contribution in [0.25, 0.3) is 10.9 Å². The van der Waals surface area contributed by atoms with E-state index in [1.807, 2.05) is 24.3 Å². The van der Waals surface area contributed by atoms with E-state index in [1.54, 1.807) is 4.90 Å². The summed E-state index contributed by atoms with van der Waals surface area (Å²) < 4.78 is 14.1. The fourth-order valence-corrected chi connectivity index (χ4v) is 2.82. The van der Waals surface area contributed by atoms with Crippen molar-refractivity contribution in [3.8, 4) is 0 Å². The van der Waals surface area contributed by atoms with Gasteiger partial charge in [0.2, 0.25) is 0 Å². The SMILES string of the molecule is O=C(c1cc2cc(Br)ccc2[nH]1)N1CCC(F)CC1. The smallest absolute Gasteiger partial charge is 0.270 e. The lowest BCUT2D eigenvalue weighted by Gasteiger charge is -2.28. The van der Waals surface area contributed by atoms with E-state index in [9.17, 15) is 9.18 Å². The lowest BCUT2D eigenvalue weighted by Crippen LogP contribution is -2.39. The lowest BCUT2D eigenvalue weighted by molar-refractivity contribution is 0.0662. The van der Waals surface area contributed by atoms with Crippen LogP contribution in [-0.2, 0) is 0 Å². The molecule has 0 aliphatic carbocycles. The molecule has 3 rings (SSSR count). The molecule has 0 spiro atoms. The summed E-state index contributed by atoms with van der Waals surface area (Å²) in [6.07, 6.45) is 0.123. The predicted molar refractivity (Wildman–Crippen MR) is 76.0 cm³/mol. The van der Waals surface area contributed by atoms with Gasteiger partial charge in [0.15, 0.2) is 0 Å². The summed E-state index contributed by atoms with van der Waals surface area (Å²) in [6, 6.07) is 7.69. The van der Waals surface area contributed by atoms with Gasteiger partial charge in [0, 0.05) is 28.5 Å². The molecule has 2 aromatic rings. The maximum Gasteiger partial charge on any atom is 0.270 e. The van der Waals surface area contributed by atoms with Crippen LogP contribution in [0.4, 0.5) is 4.39 Å². The highest BCUT2D eigenvalue weighted by atomic mass is 79.9. The minimum atomic E-state index is -0.761. The van der Waals surface area contributed by atoms with Crippen molar-refractivity contribution in [2.45, 2.75) is 19.0 Å². The second kappa shape index (κ2) is 4.96. The predicted octanol–water partition coefficient (Wildman–Crippen LogP) is 3.50. The largest absolute Gasteiger partial charge is 0.351 e. The number of nitrogens with one attached hydrogen (secondary N) is 1. The van der Waals surface area contributed by atoms with Crippen molar-refractivity contribution < 1.29 is 9.18 Å². The maximum absolute atomic E-state index is 13.1. The minimum absolute atomic E-state index is 0.0424. The highest BCUT2D eigenvalue weighted by Crippen LogP contribution is 2.22. The Morgan fingerprint density at radius 1 is 1.32 bits per heavy atom. The Bertz CT molecular complexity index is 617. The van der Waals surface area contributed by atoms with Crippen LogP contribution in [0.15, 0.2) is 28.7 Å². The summed E-state index contributed by atoms with van der Waals surface area (Å²) in [7, 11) is 0. The average Bonchev–Trinajstić information content (AvgIpc) is 2.81. The fraction of sp³-hybridized carbons (Fsp3) is 0.357. The van der Waals surface area contributed by atoms with Crippen LogP contribution in [-0.4, -0.2) is 35.1 Å². The number of halogens is 2. The van der Waals surface area contributed by atoms with Crippen LogP contribution in [0.2, 0.25) is 0 Å². The third-order valence-corrected chi connectivity index (χ3v) is 4.02. The highest BCUT2D eigenvalue weighted by molar-refractivity contribution is 9.10. The molecule has 0 radical (unpaired) electrons. The summed E-state index contributed by atoms with van der Waals surface area (Å²) in [5.74, 6) is -0.0424. The van der Waals surface area contributed by atoms with Gasteiger partial charge in [0.25, 0.3) is 5.91 Å². The molecule has 0 atom stereocenters. The minimum Gasteiger partial charge on any atom is -0.351 e. The van der Waals surface area contributed by atoms with E-state index in [0.717, 1.165) is 15.4 Å². The van der Waals surface area contributed by atoms with Gasteiger partial charge in [-0.3, -0.25) is 4.79 Å². The van der Waals surface area contributed by atoms with E-state index in [0.29, 0.717) is 31.6 Å². The zero-order chi connectivity index (χ0) is 13.4. The molecular weight excluding hydrogens is 311 g/mol. The Morgan fingerprint density at radius 3 is 2.79 bits per heavy atom. The number of H-pyrrole nitrogens is 1. The first kappa shape index (κ1) is 12.7. The number of carbonyl (C=O) groups excluding carboxylic acids is 1. The van der Waals surface area contributed by atoms with Crippen LogP contribution in [0.1, 0.15) is 23.3 Å². The molecule has 1 aromatic heterocycles. The van der Waals surface area contributed by atoms with Gasteiger partial charge in [0.1, 0.15) is 11.9 Å².